The monoisotopic (exact) mass is 369 g/mol. The second kappa shape index (κ2) is 6.53. The van der Waals surface area contributed by atoms with E-state index in [2.05, 4.69) is 20.4 Å². The highest BCUT2D eigenvalue weighted by molar-refractivity contribution is 6.03. The molecule has 1 amide bonds. The minimum absolute atomic E-state index is 0.0427. The number of carbonyl (C=O) groups is 1. The van der Waals surface area contributed by atoms with Crippen molar-refractivity contribution in [3.05, 3.63) is 59.2 Å². The van der Waals surface area contributed by atoms with Crippen molar-refractivity contribution >= 4 is 11.6 Å². The van der Waals surface area contributed by atoms with E-state index < -0.39 is 23.2 Å². The maximum atomic E-state index is 13.8. The maximum absolute atomic E-state index is 13.8. The van der Waals surface area contributed by atoms with E-state index in [-0.39, 0.29) is 5.69 Å². The average Bonchev–Trinajstić information content (AvgIpc) is 3.41. The maximum Gasteiger partial charge on any atom is 0.276 e. The van der Waals surface area contributed by atoms with Crippen LogP contribution in [0.3, 0.4) is 0 Å². The van der Waals surface area contributed by atoms with Crippen LogP contribution in [0.25, 0.3) is 11.4 Å². The first-order chi connectivity index (χ1) is 12.9. The molecule has 0 radical (unpaired) electrons. The minimum atomic E-state index is -0.847. The molecule has 1 aliphatic carbocycles. The molecular weight excluding hydrogens is 352 g/mol. The minimum Gasteiger partial charge on any atom is -0.316 e. The molecule has 1 fully saturated rings. The van der Waals surface area contributed by atoms with Crippen LogP contribution in [0.2, 0.25) is 0 Å². The molecule has 0 spiro atoms. The fourth-order valence-corrected chi connectivity index (χ4v) is 2.85. The van der Waals surface area contributed by atoms with Crippen LogP contribution < -0.4 is 5.32 Å². The first kappa shape index (κ1) is 17.3. The molecule has 0 atom stereocenters. The van der Waals surface area contributed by atoms with E-state index in [4.69, 9.17) is 0 Å². The molecule has 0 unspecified atom stereocenters. The van der Waals surface area contributed by atoms with Gasteiger partial charge in [-0.3, -0.25) is 9.48 Å². The Kier molecular flexibility index (Phi) is 4.18. The molecule has 0 aliphatic heterocycles. The molecule has 1 aliphatic rings. The third kappa shape index (κ3) is 3.30. The zero-order valence-electron chi connectivity index (χ0n) is 14.8. The van der Waals surface area contributed by atoms with Crippen molar-refractivity contribution in [3.63, 3.8) is 0 Å². The fraction of sp³-hybridized carbons (Fsp3) is 0.263. The molecule has 0 saturated heterocycles. The predicted octanol–water partition coefficient (Wildman–Crippen LogP) is 3.59. The quantitative estimate of drug-likeness (QED) is 0.763. The molecule has 4 rings (SSSR count). The normalized spacial score (nSPS) is 13.6. The van der Waals surface area contributed by atoms with Gasteiger partial charge in [-0.05, 0) is 43.5 Å². The van der Waals surface area contributed by atoms with Crippen LogP contribution in [0.4, 0.5) is 14.5 Å². The van der Waals surface area contributed by atoms with Crippen molar-refractivity contribution in [2.45, 2.75) is 25.7 Å². The molecule has 1 saturated carbocycles. The Labute approximate surface area is 154 Å². The van der Waals surface area contributed by atoms with Crippen LogP contribution in [-0.2, 0) is 7.05 Å². The summed E-state index contributed by atoms with van der Waals surface area (Å²) in [5.74, 6) is -1.21. The molecule has 0 bridgehead atoms. The number of rotatable bonds is 4. The van der Waals surface area contributed by atoms with Gasteiger partial charge in [0.15, 0.2) is 5.69 Å². The summed E-state index contributed by atoms with van der Waals surface area (Å²) in [6.45, 7) is 1.88. The largest absolute Gasteiger partial charge is 0.316 e. The number of aromatic nitrogens is 4. The van der Waals surface area contributed by atoms with Gasteiger partial charge in [-0.2, -0.15) is 5.10 Å². The highest BCUT2D eigenvalue weighted by Gasteiger charge is 2.27. The number of hydrogen-bond acceptors (Lipinski definition) is 4. The topological polar surface area (TPSA) is 72.7 Å². The number of aryl methyl sites for hydroxylation is 2. The Morgan fingerprint density at radius 1 is 1.26 bits per heavy atom. The Morgan fingerprint density at radius 3 is 2.63 bits per heavy atom. The van der Waals surface area contributed by atoms with E-state index in [0.717, 1.165) is 36.4 Å². The number of benzene rings is 1. The van der Waals surface area contributed by atoms with Gasteiger partial charge >= 0.3 is 0 Å². The zero-order valence-corrected chi connectivity index (χ0v) is 14.8. The first-order valence-electron chi connectivity index (χ1n) is 8.57. The van der Waals surface area contributed by atoms with Gasteiger partial charge in [0.25, 0.3) is 5.91 Å². The average molecular weight is 369 g/mol. The van der Waals surface area contributed by atoms with Gasteiger partial charge in [-0.15, -0.1) is 0 Å². The number of carbonyl (C=O) groups excluding carboxylic acids is 1. The van der Waals surface area contributed by atoms with Gasteiger partial charge in [0, 0.05) is 19.2 Å². The molecule has 3 aromatic rings. The van der Waals surface area contributed by atoms with E-state index in [1.807, 2.05) is 6.92 Å². The number of para-hydroxylation sites is 1. The Bertz CT molecular complexity index is 1020. The molecular formula is C19H17F2N5O. The molecule has 27 heavy (non-hydrogen) atoms. The van der Waals surface area contributed by atoms with Crippen molar-refractivity contribution in [2.75, 3.05) is 5.32 Å². The smallest absolute Gasteiger partial charge is 0.276 e. The predicted molar refractivity (Wildman–Crippen MR) is 95.3 cm³/mol. The van der Waals surface area contributed by atoms with Crippen molar-refractivity contribution in [1.82, 2.24) is 19.7 Å². The van der Waals surface area contributed by atoms with E-state index >= 15 is 0 Å². The van der Waals surface area contributed by atoms with Crippen LogP contribution in [-0.4, -0.2) is 25.7 Å². The summed E-state index contributed by atoms with van der Waals surface area (Å²) in [6, 6.07) is 4.94. The number of nitrogens with zero attached hydrogens (tertiary/aromatic N) is 4. The number of amides is 1. The molecule has 138 valence electrons. The van der Waals surface area contributed by atoms with Crippen LogP contribution >= 0.6 is 0 Å². The zero-order chi connectivity index (χ0) is 19.1. The van der Waals surface area contributed by atoms with Gasteiger partial charge in [-0.1, -0.05) is 6.07 Å². The van der Waals surface area contributed by atoms with E-state index in [1.54, 1.807) is 19.3 Å². The SMILES string of the molecule is Cc1cnc(C2CC2)nc1-c1cc(C(=O)Nc2c(F)cccc2F)nn1C. The molecule has 6 nitrogen and oxygen atoms in total. The van der Waals surface area contributed by atoms with Crippen molar-refractivity contribution in [3.8, 4) is 11.4 Å². The molecule has 8 heteroatoms. The molecule has 1 aromatic carbocycles. The lowest BCUT2D eigenvalue weighted by Gasteiger charge is -2.06. The highest BCUT2D eigenvalue weighted by Crippen LogP contribution is 2.38. The number of hydrogen-bond donors (Lipinski definition) is 1. The summed E-state index contributed by atoms with van der Waals surface area (Å²) in [4.78, 5) is 21.4. The van der Waals surface area contributed by atoms with E-state index in [1.165, 1.54) is 10.7 Å². The summed E-state index contributed by atoms with van der Waals surface area (Å²) >= 11 is 0. The Morgan fingerprint density at radius 2 is 1.96 bits per heavy atom. The van der Waals surface area contributed by atoms with Crippen LogP contribution in [0, 0.1) is 18.6 Å². The lowest BCUT2D eigenvalue weighted by atomic mass is 10.1. The second-order valence-corrected chi connectivity index (χ2v) is 6.62. The molecule has 1 N–H and O–H groups in total. The number of halogens is 2. The fourth-order valence-electron chi connectivity index (χ4n) is 2.85. The number of nitrogens with one attached hydrogen (secondary N) is 1. The lowest BCUT2D eigenvalue weighted by molar-refractivity contribution is 0.102. The first-order valence-corrected chi connectivity index (χ1v) is 8.57. The van der Waals surface area contributed by atoms with Gasteiger partial charge in [0.05, 0.1) is 11.4 Å². The van der Waals surface area contributed by atoms with Gasteiger partial charge < -0.3 is 5.32 Å². The molecule has 2 aromatic heterocycles. The Balaban J connectivity index is 1.65. The van der Waals surface area contributed by atoms with Crippen molar-refractivity contribution in [1.29, 1.82) is 0 Å². The summed E-state index contributed by atoms with van der Waals surface area (Å²) in [6.07, 6.45) is 3.92. The standard InChI is InChI=1S/C19H17F2N5O/c1-10-9-22-18(11-6-7-11)23-16(10)15-8-14(25-26(15)2)19(27)24-17-12(20)4-3-5-13(17)21/h3-5,8-9,11H,6-7H2,1-2H3,(H,24,27). The highest BCUT2D eigenvalue weighted by atomic mass is 19.1. The Hall–Kier alpha value is -3.16. The van der Waals surface area contributed by atoms with Crippen LogP contribution in [0.15, 0.2) is 30.5 Å². The summed E-state index contributed by atoms with van der Waals surface area (Å²) < 4.78 is 29.0. The third-order valence-corrected chi connectivity index (χ3v) is 4.49. The second-order valence-electron chi connectivity index (χ2n) is 6.62. The van der Waals surface area contributed by atoms with Crippen LogP contribution in [0.5, 0.6) is 0 Å². The number of anilines is 1. The van der Waals surface area contributed by atoms with E-state index in [0.29, 0.717) is 17.3 Å². The van der Waals surface area contributed by atoms with Crippen molar-refractivity contribution in [2.24, 2.45) is 7.05 Å². The third-order valence-electron chi connectivity index (χ3n) is 4.49. The van der Waals surface area contributed by atoms with Crippen LogP contribution in [0.1, 0.15) is 40.6 Å². The van der Waals surface area contributed by atoms with Crippen molar-refractivity contribution < 1.29 is 13.6 Å². The van der Waals surface area contributed by atoms with Gasteiger partial charge in [0.1, 0.15) is 23.1 Å². The molecule has 2 heterocycles. The lowest BCUT2D eigenvalue weighted by Crippen LogP contribution is -2.15. The summed E-state index contributed by atoms with van der Waals surface area (Å²) in [5.41, 5.74) is 1.73. The van der Waals surface area contributed by atoms with E-state index in [9.17, 15) is 13.6 Å². The van der Waals surface area contributed by atoms with Gasteiger partial charge in [-0.25, -0.2) is 18.7 Å². The summed E-state index contributed by atoms with van der Waals surface area (Å²) in [5, 5.41) is 6.42. The summed E-state index contributed by atoms with van der Waals surface area (Å²) in [7, 11) is 1.69. The van der Waals surface area contributed by atoms with Gasteiger partial charge in [0.2, 0.25) is 0 Å².